The molecule has 0 atom stereocenters. The highest BCUT2D eigenvalue weighted by Gasteiger charge is 2.14. The minimum absolute atomic E-state index is 0.0381. The predicted octanol–water partition coefficient (Wildman–Crippen LogP) is 3.87. The molecule has 7 heteroatoms. The molecule has 2 aromatic rings. The molecule has 0 aliphatic carbocycles. The van der Waals surface area contributed by atoms with Gasteiger partial charge in [-0.2, -0.15) is 0 Å². The average molecular weight is 348 g/mol. The van der Waals surface area contributed by atoms with E-state index in [0.29, 0.717) is 28.4 Å². The van der Waals surface area contributed by atoms with E-state index in [2.05, 4.69) is 5.32 Å². The molecule has 0 aromatic heterocycles. The number of rotatable bonds is 5. The van der Waals surface area contributed by atoms with Crippen LogP contribution in [0.4, 0.5) is 11.4 Å². The minimum atomic E-state index is -0.485. The summed E-state index contributed by atoms with van der Waals surface area (Å²) in [5.41, 5.74) is 2.43. The van der Waals surface area contributed by atoms with E-state index in [9.17, 15) is 14.9 Å². The summed E-state index contributed by atoms with van der Waals surface area (Å²) < 4.78 is 0. The fourth-order valence-electron chi connectivity index (χ4n) is 2.33. The molecule has 0 bridgehead atoms. The summed E-state index contributed by atoms with van der Waals surface area (Å²) in [6.07, 6.45) is 0. The summed E-state index contributed by atoms with van der Waals surface area (Å²) in [5, 5.41) is 14.2. The smallest absolute Gasteiger partial charge is 0.269 e. The summed E-state index contributed by atoms with van der Waals surface area (Å²) in [4.78, 5) is 24.7. The second-order valence-electron chi connectivity index (χ2n) is 5.75. The second kappa shape index (κ2) is 7.42. The van der Waals surface area contributed by atoms with Crippen LogP contribution in [0.1, 0.15) is 21.5 Å². The Morgan fingerprint density at radius 2 is 1.96 bits per heavy atom. The Morgan fingerprint density at radius 1 is 1.25 bits per heavy atom. The van der Waals surface area contributed by atoms with Crippen LogP contribution in [0.15, 0.2) is 36.4 Å². The first-order valence-electron chi connectivity index (χ1n) is 7.27. The largest absolute Gasteiger partial charge is 0.322 e. The maximum absolute atomic E-state index is 12.4. The molecule has 2 aromatic carbocycles. The standard InChI is InChI=1S/C17H18ClN3O3/c1-11-8-14(21(23)24)5-6-15(11)17(22)19-13-4-7-16(18)12(9-13)10-20(2)3/h4-9H,10H2,1-3H3,(H,19,22). The molecule has 0 fully saturated rings. The van der Waals surface area contributed by atoms with E-state index in [1.807, 2.05) is 25.1 Å². The highest BCUT2D eigenvalue weighted by Crippen LogP contribution is 2.23. The van der Waals surface area contributed by atoms with Gasteiger partial charge >= 0.3 is 0 Å². The fraction of sp³-hybridized carbons (Fsp3) is 0.235. The van der Waals surface area contributed by atoms with Crippen molar-refractivity contribution in [2.75, 3.05) is 19.4 Å². The number of nitrogens with one attached hydrogen (secondary N) is 1. The molecule has 24 heavy (non-hydrogen) atoms. The first kappa shape index (κ1) is 17.9. The van der Waals surface area contributed by atoms with Gasteiger partial charge in [-0.25, -0.2) is 0 Å². The first-order chi connectivity index (χ1) is 11.3. The van der Waals surface area contributed by atoms with Crippen molar-refractivity contribution in [2.45, 2.75) is 13.5 Å². The lowest BCUT2D eigenvalue weighted by Gasteiger charge is -2.13. The number of carbonyl (C=O) groups excluding carboxylic acids is 1. The normalized spacial score (nSPS) is 10.7. The van der Waals surface area contributed by atoms with Gasteiger partial charge in [0, 0.05) is 35.0 Å². The van der Waals surface area contributed by atoms with Crippen LogP contribution in [-0.4, -0.2) is 29.8 Å². The van der Waals surface area contributed by atoms with Crippen LogP contribution in [0.3, 0.4) is 0 Å². The van der Waals surface area contributed by atoms with Crippen molar-refractivity contribution in [1.82, 2.24) is 4.90 Å². The number of hydrogen-bond acceptors (Lipinski definition) is 4. The van der Waals surface area contributed by atoms with Crippen molar-refractivity contribution in [3.05, 3.63) is 68.2 Å². The number of carbonyl (C=O) groups is 1. The third kappa shape index (κ3) is 4.31. The van der Waals surface area contributed by atoms with Crippen molar-refractivity contribution in [2.24, 2.45) is 0 Å². The monoisotopic (exact) mass is 347 g/mol. The summed E-state index contributed by atoms with van der Waals surface area (Å²) in [5.74, 6) is -0.319. The zero-order chi connectivity index (χ0) is 17.9. The molecule has 2 rings (SSSR count). The van der Waals surface area contributed by atoms with Crippen molar-refractivity contribution < 1.29 is 9.72 Å². The number of nitro benzene ring substituents is 1. The summed E-state index contributed by atoms with van der Waals surface area (Å²) >= 11 is 6.16. The van der Waals surface area contributed by atoms with Crippen LogP contribution in [0, 0.1) is 17.0 Å². The number of nitrogens with zero attached hydrogens (tertiary/aromatic N) is 2. The quantitative estimate of drug-likeness (QED) is 0.658. The molecule has 126 valence electrons. The molecule has 0 aliphatic rings. The van der Waals surface area contributed by atoms with Gasteiger partial charge in [-0.1, -0.05) is 11.6 Å². The van der Waals surface area contributed by atoms with E-state index >= 15 is 0 Å². The lowest BCUT2D eigenvalue weighted by Crippen LogP contribution is -2.15. The Hall–Kier alpha value is -2.44. The van der Waals surface area contributed by atoms with Gasteiger partial charge in [0.15, 0.2) is 0 Å². The molecule has 6 nitrogen and oxygen atoms in total. The zero-order valence-electron chi connectivity index (χ0n) is 13.7. The lowest BCUT2D eigenvalue weighted by atomic mass is 10.1. The second-order valence-corrected chi connectivity index (χ2v) is 6.16. The number of aryl methyl sites for hydroxylation is 1. The molecule has 0 radical (unpaired) electrons. The number of benzene rings is 2. The van der Waals surface area contributed by atoms with E-state index < -0.39 is 4.92 Å². The van der Waals surface area contributed by atoms with E-state index in [1.165, 1.54) is 18.2 Å². The number of amides is 1. The van der Waals surface area contributed by atoms with Crippen LogP contribution < -0.4 is 5.32 Å². The van der Waals surface area contributed by atoms with E-state index in [-0.39, 0.29) is 11.6 Å². The van der Waals surface area contributed by atoms with Crippen molar-refractivity contribution >= 4 is 28.9 Å². The van der Waals surface area contributed by atoms with Gasteiger partial charge in [0.1, 0.15) is 0 Å². The predicted molar refractivity (Wildman–Crippen MR) is 94.6 cm³/mol. The van der Waals surface area contributed by atoms with Gasteiger partial charge in [0.2, 0.25) is 0 Å². The highest BCUT2D eigenvalue weighted by molar-refractivity contribution is 6.31. The van der Waals surface area contributed by atoms with Crippen LogP contribution in [-0.2, 0) is 6.54 Å². The Morgan fingerprint density at radius 3 is 2.54 bits per heavy atom. The number of halogens is 1. The van der Waals surface area contributed by atoms with Crippen LogP contribution in [0.2, 0.25) is 5.02 Å². The van der Waals surface area contributed by atoms with E-state index in [1.54, 1.807) is 19.1 Å². The third-order valence-electron chi connectivity index (χ3n) is 3.46. The lowest BCUT2D eigenvalue weighted by molar-refractivity contribution is -0.384. The van der Waals surface area contributed by atoms with E-state index in [4.69, 9.17) is 11.6 Å². The highest BCUT2D eigenvalue weighted by atomic mass is 35.5. The third-order valence-corrected chi connectivity index (χ3v) is 3.82. The van der Waals surface area contributed by atoms with Gasteiger partial charge in [0.05, 0.1) is 4.92 Å². The van der Waals surface area contributed by atoms with Crippen molar-refractivity contribution in [1.29, 1.82) is 0 Å². The van der Waals surface area contributed by atoms with Crippen LogP contribution in [0.25, 0.3) is 0 Å². The Labute approximate surface area is 145 Å². The molecular formula is C17H18ClN3O3. The van der Waals surface area contributed by atoms with Gasteiger partial charge in [0.25, 0.3) is 11.6 Å². The van der Waals surface area contributed by atoms with Gasteiger partial charge in [-0.15, -0.1) is 0 Å². The maximum atomic E-state index is 12.4. The molecule has 0 saturated heterocycles. The minimum Gasteiger partial charge on any atom is -0.322 e. The molecule has 0 spiro atoms. The summed E-state index contributed by atoms with van der Waals surface area (Å²) in [6.45, 7) is 2.32. The number of nitro groups is 1. The molecule has 1 N–H and O–H groups in total. The molecule has 0 heterocycles. The van der Waals surface area contributed by atoms with E-state index in [0.717, 1.165) is 5.56 Å². The SMILES string of the molecule is Cc1cc([N+](=O)[O-])ccc1C(=O)Nc1ccc(Cl)c(CN(C)C)c1. The number of hydrogen-bond donors (Lipinski definition) is 1. The first-order valence-corrected chi connectivity index (χ1v) is 7.65. The van der Waals surface area contributed by atoms with Crippen molar-refractivity contribution in [3.8, 4) is 0 Å². The number of anilines is 1. The molecule has 0 unspecified atom stereocenters. The molecule has 0 aliphatic heterocycles. The molecule has 0 saturated carbocycles. The molecular weight excluding hydrogens is 330 g/mol. The zero-order valence-corrected chi connectivity index (χ0v) is 14.4. The Kier molecular flexibility index (Phi) is 5.54. The van der Waals surface area contributed by atoms with Gasteiger partial charge in [-0.05, 0) is 56.4 Å². The van der Waals surface area contributed by atoms with Crippen LogP contribution in [0.5, 0.6) is 0 Å². The summed E-state index contributed by atoms with van der Waals surface area (Å²) in [7, 11) is 3.86. The Bertz CT molecular complexity index is 791. The van der Waals surface area contributed by atoms with Crippen molar-refractivity contribution in [3.63, 3.8) is 0 Å². The fourth-order valence-corrected chi connectivity index (χ4v) is 2.51. The topological polar surface area (TPSA) is 75.5 Å². The maximum Gasteiger partial charge on any atom is 0.269 e. The summed E-state index contributed by atoms with van der Waals surface area (Å²) in [6, 6.07) is 9.44. The Balaban J connectivity index is 2.22. The molecule has 1 amide bonds. The van der Waals surface area contributed by atoms with Gasteiger partial charge in [-0.3, -0.25) is 14.9 Å². The number of non-ortho nitro benzene ring substituents is 1. The van der Waals surface area contributed by atoms with Crippen LogP contribution >= 0.6 is 11.6 Å². The van der Waals surface area contributed by atoms with Gasteiger partial charge < -0.3 is 10.2 Å². The average Bonchev–Trinajstić information content (AvgIpc) is 2.49.